The predicted octanol–water partition coefficient (Wildman–Crippen LogP) is 6.73. The Kier molecular flexibility index (Phi) is 7.17. The Balaban J connectivity index is 1.78. The van der Waals surface area contributed by atoms with E-state index in [9.17, 15) is 4.79 Å². The molecule has 0 bridgehead atoms. The van der Waals surface area contributed by atoms with Crippen molar-refractivity contribution < 1.29 is 9.53 Å². The van der Waals surface area contributed by atoms with Crippen LogP contribution in [0.2, 0.25) is 10.0 Å². The Morgan fingerprint density at radius 3 is 2.55 bits per heavy atom. The molecule has 0 aliphatic carbocycles. The van der Waals surface area contributed by atoms with Crippen LogP contribution in [-0.4, -0.2) is 15.9 Å². The van der Waals surface area contributed by atoms with Gasteiger partial charge in [0.1, 0.15) is 5.75 Å². The van der Waals surface area contributed by atoms with Crippen LogP contribution in [0.3, 0.4) is 0 Å². The molecule has 0 saturated heterocycles. The quantitative estimate of drug-likeness (QED) is 0.182. The topological polar surface area (TPSA) is 52.1 Å². The van der Waals surface area contributed by atoms with E-state index >= 15 is 0 Å². The summed E-state index contributed by atoms with van der Waals surface area (Å²) < 4.78 is 5.65. The number of hydrogen-bond donors (Lipinski definition) is 0. The Morgan fingerprint density at radius 1 is 1.14 bits per heavy atom. The Morgan fingerprint density at radius 2 is 1.86 bits per heavy atom. The molecule has 2 aromatic carbocycles. The summed E-state index contributed by atoms with van der Waals surface area (Å²) in [5.74, 6) is 0.779. The van der Waals surface area contributed by atoms with Crippen LogP contribution in [0.5, 0.6) is 5.75 Å². The van der Waals surface area contributed by atoms with Gasteiger partial charge in [0, 0.05) is 10.8 Å². The van der Waals surface area contributed by atoms with E-state index in [0.717, 1.165) is 16.7 Å². The lowest BCUT2D eigenvalue weighted by Crippen LogP contribution is -2.14. The van der Waals surface area contributed by atoms with Gasteiger partial charge < -0.3 is 4.74 Å². The molecular formula is C22H20Cl2N2O2S. The SMILES string of the molecule is Cc1ccc(C(C)C)c(OC(=O)c2nc(SCc3ccc(Cl)cc3)ncc2Cl)c1. The van der Waals surface area contributed by atoms with Gasteiger partial charge in [0.2, 0.25) is 0 Å². The molecule has 7 heteroatoms. The predicted molar refractivity (Wildman–Crippen MR) is 118 cm³/mol. The first-order valence-electron chi connectivity index (χ1n) is 9.06. The highest BCUT2D eigenvalue weighted by Crippen LogP contribution is 2.29. The van der Waals surface area contributed by atoms with Crippen molar-refractivity contribution in [2.75, 3.05) is 0 Å². The van der Waals surface area contributed by atoms with Gasteiger partial charge in [0.05, 0.1) is 11.2 Å². The first kappa shape index (κ1) is 21.6. The summed E-state index contributed by atoms with van der Waals surface area (Å²) >= 11 is 13.5. The van der Waals surface area contributed by atoms with Crippen molar-refractivity contribution >= 4 is 40.9 Å². The Bertz CT molecular complexity index is 1020. The molecule has 4 nitrogen and oxygen atoms in total. The van der Waals surface area contributed by atoms with Crippen LogP contribution >= 0.6 is 35.0 Å². The molecule has 0 radical (unpaired) electrons. The number of aromatic nitrogens is 2. The fraction of sp³-hybridized carbons (Fsp3) is 0.227. The number of benzene rings is 2. The fourth-order valence-electron chi connectivity index (χ4n) is 2.65. The number of rotatable bonds is 6. The molecule has 0 N–H and O–H groups in total. The van der Waals surface area contributed by atoms with E-state index in [1.807, 2.05) is 63.2 Å². The van der Waals surface area contributed by atoms with Crippen LogP contribution in [0.25, 0.3) is 0 Å². The maximum absolute atomic E-state index is 12.8. The smallest absolute Gasteiger partial charge is 0.364 e. The molecule has 0 atom stereocenters. The zero-order valence-electron chi connectivity index (χ0n) is 16.3. The number of halogens is 2. The van der Waals surface area contributed by atoms with Gasteiger partial charge in [-0.1, -0.05) is 73.1 Å². The first-order valence-corrected chi connectivity index (χ1v) is 10.8. The van der Waals surface area contributed by atoms with Crippen molar-refractivity contribution in [1.82, 2.24) is 9.97 Å². The lowest BCUT2D eigenvalue weighted by molar-refractivity contribution is 0.0725. The van der Waals surface area contributed by atoms with Gasteiger partial charge in [-0.05, 0) is 47.7 Å². The van der Waals surface area contributed by atoms with E-state index < -0.39 is 5.97 Å². The second-order valence-electron chi connectivity index (χ2n) is 6.85. The summed E-state index contributed by atoms with van der Waals surface area (Å²) in [4.78, 5) is 21.3. The minimum atomic E-state index is -0.599. The number of aryl methyl sites for hydroxylation is 1. The highest BCUT2D eigenvalue weighted by Gasteiger charge is 2.19. The molecular weight excluding hydrogens is 427 g/mol. The summed E-state index contributed by atoms with van der Waals surface area (Å²) in [6.07, 6.45) is 1.43. The molecule has 0 aliphatic heterocycles. The normalized spacial score (nSPS) is 11.0. The average molecular weight is 447 g/mol. The van der Waals surface area contributed by atoms with Gasteiger partial charge >= 0.3 is 5.97 Å². The van der Waals surface area contributed by atoms with Crippen molar-refractivity contribution in [2.24, 2.45) is 0 Å². The molecule has 29 heavy (non-hydrogen) atoms. The van der Waals surface area contributed by atoms with Crippen LogP contribution in [0.15, 0.2) is 53.8 Å². The lowest BCUT2D eigenvalue weighted by Gasteiger charge is -2.14. The third kappa shape index (κ3) is 5.72. The summed E-state index contributed by atoms with van der Waals surface area (Å²) in [5, 5.41) is 1.29. The van der Waals surface area contributed by atoms with E-state index in [2.05, 4.69) is 9.97 Å². The lowest BCUT2D eigenvalue weighted by atomic mass is 10.0. The van der Waals surface area contributed by atoms with Crippen LogP contribution in [0.4, 0.5) is 0 Å². The maximum Gasteiger partial charge on any atom is 0.364 e. The summed E-state index contributed by atoms with van der Waals surface area (Å²) in [5.41, 5.74) is 3.08. The summed E-state index contributed by atoms with van der Waals surface area (Å²) in [6.45, 7) is 6.04. The van der Waals surface area contributed by atoms with Crippen LogP contribution in [0, 0.1) is 6.92 Å². The maximum atomic E-state index is 12.8. The molecule has 0 aliphatic rings. The minimum Gasteiger partial charge on any atom is -0.421 e. The highest BCUT2D eigenvalue weighted by molar-refractivity contribution is 7.98. The molecule has 0 saturated carbocycles. The van der Waals surface area contributed by atoms with Crippen LogP contribution < -0.4 is 4.74 Å². The van der Waals surface area contributed by atoms with E-state index in [-0.39, 0.29) is 16.6 Å². The largest absolute Gasteiger partial charge is 0.421 e. The fourth-order valence-corrected chi connectivity index (χ4v) is 3.71. The second-order valence-corrected chi connectivity index (χ2v) is 8.64. The van der Waals surface area contributed by atoms with E-state index in [1.54, 1.807) is 0 Å². The molecule has 1 aromatic heterocycles. The van der Waals surface area contributed by atoms with Crippen molar-refractivity contribution in [3.8, 4) is 5.75 Å². The minimum absolute atomic E-state index is 0.0523. The van der Waals surface area contributed by atoms with Gasteiger partial charge in [0.15, 0.2) is 10.9 Å². The van der Waals surface area contributed by atoms with Crippen LogP contribution in [0.1, 0.15) is 46.9 Å². The second kappa shape index (κ2) is 9.61. The molecule has 150 valence electrons. The third-order valence-corrected chi connectivity index (χ3v) is 5.65. The highest BCUT2D eigenvalue weighted by atomic mass is 35.5. The van der Waals surface area contributed by atoms with Gasteiger partial charge in [-0.15, -0.1) is 0 Å². The van der Waals surface area contributed by atoms with E-state index in [4.69, 9.17) is 27.9 Å². The molecule has 0 fully saturated rings. The molecule has 0 amide bonds. The number of hydrogen-bond acceptors (Lipinski definition) is 5. The number of esters is 1. The monoisotopic (exact) mass is 446 g/mol. The van der Waals surface area contributed by atoms with Gasteiger partial charge in [0.25, 0.3) is 0 Å². The van der Waals surface area contributed by atoms with Gasteiger partial charge in [-0.25, -0.2) is 14.8 Å². The number of carbonyl (C=O) groups excluding carboxylic acids is 1. The molecule has 0 spiro atoms. The number of nitrogens with zero attached hydrogens (tertiary/aromatic N) is 2. The zero-order chi connectivity index (χ0) is 21.0. The molecule has 3 rings (SSSR count). The van der Waals surface area contributed by atoms with Crippen LogP contribution in [-0.2, 0) is 5.75 Å². The Hall–Kier alpha value is -2.08. The van der Waals surface area contributed by atoms with E-state index in [0.29, 0.717) is 21.7 Å². The summed E-state index contributed by atoms with van der Waals surface area (Å²) in [7, 11) is 0. The standard InChI is InChI=1S/C22H20Cl2N2O2S/c1-13(2)17-9-4-14(3)10-19(17)28-21(27)20-18(24)11-25-22(26-20)29-12-15-5-7-16(23)8-6-15/h4-11,13H,12H2,1-3H3. The molecule has 0 unspecified atom stereocenters. The summed E-state index contributed by atoms with van der Waals surface area (Å²) in [6, 6.07) is 13.3. The molecule has 1 heterocycles. The van der Waals surface area contributed by atoms with Crippen molar-refractivity contribution in [3.05, 3.63) is 81.1 Å². The van der Waals surface area contributed by atoms with E-state index in [1.165, 1.54) is 18.0 Å². The van der Waals surface area contributed by atoms with Crippen molar-refractivity contribution in [3.63, 3.8) is 0 Å². The first-order chi connectivity index (χ1) is 13.8. The van der Waals surface area contributed by atoms with Crippen molar-refractivity contribution in [1.29, 1.82) is 0 Å². The third-order valence-electron chi connectivity index (χ3n) is 4.19. The van der Waals surface area contributed by atoms with Crippen molar-refractivity contribution in [2.45, 2.75) is 37.6 Å². The number of ether oxygens (including phenoxy) is 1. The number of carbonyl (C=O) groups is 1. The Labute approximate surface area is 184 Å². The number of thioether (sulfide) groups is 1. The molecule has 3 aromatic rings. The zero-order valence-corrected chi connectivity index (χ0v) is 18.6. The van der Waals surface area contributed by atoms with Gasteiger partial charge in [-0.3, -0.25) is 0 Å². The average Bonchev–Trinajstić information content (AvgIpc) is 2.68. The van der Waals surface area contributed by atoms with Gasteiger partial charge in [-0.2, -0.15) is 0 Å².